The Hall–Kier alpha value is -1.71. The summed E-state index contributed by atoms with van der Waals surface area (Å²) >= 11 is 0. The number of carbonyl (C=O) groups excluding carboxylic acids is 1. The highest BCUT2D eigenvalue weighted by Gasteiger charge is 2.22. The number of aromatic nitrogens is 3. The van der Waals surface area contributed by atoms with Crippen molar-refractivity contribution in [2.75, 3.05) is 0 Å². The fraction of sp³-hybridized carbons (Fsp3) is 0.462. The molecule has 0 bridgehead atoms. The molecule has 0 atom stereocenters. The number of carbonyl (C=O) groups is 1. The van der Waals surface area contributed by atoms with E-state index in [0.717, 1.165) is 29.4 Å². The highest BCUT2D eigenvalue weighted by Crippen LogP contribution is 2.29. The van der Waals surface area contributed by atoms with Crippen LogP contribution in [-0.4, -0.2) is 20.5 Å². The van der Waals surface area contributed by atoms with Gasteiger partial charge in [0, 0.05) is 30.1 Å². The van der Waals surface area contributed by atoms with E-state index in [1.165, 1.54) is 0 Å². The second-order valence-corrected chi connectivity index (χ2v) is 4.69. The topological polar surface area (TPSA) is 47.8 Å². The quantitative estimate of drug-likeness (QED) is 0.754. The zero-order valence-corrected chi connectivity index (χ0v) is 9.89. The second-order valence-electron chi connectivity index (χ2n) is 4.69. The van der Waals surface area contributed by atoms with Crippen molar-refractivity contribution in [2.45, 2.75) is 38.6 Å². The summed E-state index contributed by atoms with van der Waals surface area (Å²) in [4.78, 5) is 15.5. The van der Waals surface area contributed by atoms with Crippen LogP contribution >= 0.6 is 0 Å². The SMILES string of the molecule is Cc1nccc2c1cnn2C1CCC(=O)CC1. The molecule has 4 nitrogen and oxygen atoms in total. The Labute approximate surface area is 99.7 Å². The lowest BCUT2D eigenvalue weighted by atomic mass is 9.94. The highest BCUT2D eigenvalue weighted by molar-refractivity contribution is 5.81. The summed E-state index contributed by atoms with van der Waals surface area (Å²) in [5.74, 6) is 0.385. The van der Waals surface area contributed by atoms with E-state index in [1.807, 2.05) is 25.4 Å². The van der Waals surface area contributed by atoms with Crippen molar-refractivity contribution in [1.82, 2.24) is 14.8 Å². The molecule has 1 aliphatic carbocycles. The Morgan fingerprint density at radius 2 is 2.12 bits per heavy atom. The van der Waals surface area contributed by atoms with E-state index in [4.69, 9.17) is 0 Å². The molecule has 0 N–H and O–H groups in total. The summed E-state index contributed by atoms with van der Waals surface area (Å²) < 4.78 is 2.07. The maximum atomic E-state index is 11.3. The lowest BCUT2D eigenvalue weighted by Gasteiger charge is -2.22. The minimum atomic E-state index is 0.368. The van der Waals surface area contributed by atoms with Crippen molar-refractivity contribution in [3.05, 3.63) is 24.2 Å². The van der Waals surface area contributed by atoms with Crippen molar-refractivity contribution in [3.63, 3.8) is 0 Å². The van der Waals surface area contributed by atoms with Gasteiger partial charge in [0.1, 0.15) is 5.78 Å². The van der Waals surface area contributed by atoms with Crippen LogP contribution in [-0.2, 0) is 4.79 Å². The van der Waals surface area contributed by atoms with Gasteiger partial charge in [-0.3, -0.25) is 14.5 Å². The Bertz CT molecular complexity index is 563. The minimum absolute atomic E-state index is 0.368. The van der Waals surface area contributed by atoms with Gasteiger partial charge < -0.3 is 0 Å². The first-order valence-corrected chi connectivity index (χ1v) is 6.06. The Morgan fingerprint density at radius 1 is 1.35 bits per heavy atom. The third-order valence-electron chi connectivity index (χ3n) is 3.58. The van der Waals surface area contributed by atoms with Gasteiger partial charge >= 0.3 is 0 Å². The van der Waals surface area contributed by atoms with E-state index in [-0.39, 0.29) is 0 Å². The Kier molecular flexibility index (Phi) is 2.42. The molecule has 1 aliphatic rings. The number of hydrogen-bond donors (Lipinski definition) is 0. The molecule has 3 rings (SSSR count). The molecule has 0 saturated heterocycles. The fourth-order valence-electron chi connectivity index (χ4n) is 2.57. The Balaban J connectivity index is 2.01. The van der Waals surface area contributed by atoms with Crippen LogP contribution in [0, 0.1) is 6.92 Å². The van der Waals surface area contributed by atoms with E-state index < -0.39 is 0 Å². The van der Waals surface area contributed by atoms with Gasteiger partial charge in [-0.1, -0.05) is 0 Å². The number of Topliss-reactive ketones (excluding diaryl/α,β-unsaturated/α-hetero) is 1. The molecule has 0 spiro atoms. The van der Waals surface area contributed by atoms with E-state index in [1.54, 1.807) is 0 Å². The molecule has 0 aromatic carbocycles. The maximum absolute atomic E-state index is 11.3. The molecule has 17 heavy (non-hydrogen) atoms. The molecule has 2 heterocycles. The van der Waals surface area contributed by atoms with Crippen LogP contribution in [0.5, 0.6) is 0 Å². The van der Waals surface area contributed by atoms with Gasteiger partial charge in [0.25, 0.3) is 0 Å². The van der Waals surface area contributed by atoms with Crippen LogP contribution in [0.1, 0.15) is 37.4 Å². The van der Waals surface area contributed by atoms with Gasteiger partial charge in [-0.05, 0) is 25.8 Å². The van der Waals surface area contributed by atoms with Gasteiger partial charge in [-0.2, -0.15) is 5.10 Å². The van der Waals surface area contributed by atoms with Crippen LogP contribution in [0.15, 0.2) is 18.5 Å². The number of hydrogen-bond acceptors (Lipinski definition) is 3. The van der Waals surface area contributed by atoms with Crippen LogP contribution in [0.3, 0.4) is 0 Å². The first-order valence-electron chi connectivity index (χ1n) is 6.06. The second kappa shape index (κ2) is 3.95. The number of rotatable bonds is 1. The van der Waals surface area contributed by atoms with Gasteiger partial charge in [0.15, 0.2) is 0 Å². The average Bonchev–Trinajstić information content (AvgIpc) is 2.75. The number of aryl methyl sites for hydroxylation is 1. The van der Waals surface area contributed by atoms with Gasteiger partial charge in [0.2, 0.25) is 0 Å². The molecule has 88 valence electrons. The molecule has 0 radical (unpaired) electrons. The van der Waals surface area contributed by atoms with Crippen LogP contribution in [0.2, 0.25) is 0 Å². The van der Waals surface area contributed by atoms with Gasteiger partial charge in [-0.15, -0.1) is 0 Å². The molecule has 4 heteroatoms. The fourth-order valence-corrected chi connectivity index (χ4v) is 2.57. The number of nitrogens with zero attached hydrogens (tertiary/aromatic N) is 3. The average molecular weight is 229 g/mol. The summed E-state index contributed by atoms with van der Waals surface area (Å²) in [6, 6.07) is 2.37. The zero-order valence-electron chi connectivity index (χ0n) is 9.89. The number of fused-ring (bicyclic) bond motifs is 1. The van der Waals surface area contributed by atoms with Crippen molar-refractivity contribution < 1.29 is 4.79 Å². The molecule has 2 aromatic heterocycles. The molecular formula is C13H15N3O. The minimum Gasteiger partial charge on any atom is -0.300 e. The third kappa shape index (κ3) is 1.73. The predicted molar refractivity (Wildman–Crippen MR) is 64.8 cm³/mol. The number of pyridine rings is 1. The smallest absolute Gasteiger partial charge is 0.133 e. The lowest BCUT2D eigenvalue weighted by molar-refractivity contribution is -0.120. The van der Waals surface area contributed by atoms with E-state index >= 15 is 0 Å². The van der Waals surface area contributed by atoms with E-state index in [9.17, 15) is 4.79 Å². The summed E-state index contributed by atoms with van der Waals surface area (Å²) in [5.41, 5.74) is 2.15. The zero-order chi connectivity index (χ0) is 11.8. The van der Waals surface area contributed by atoms with Crippen molar-refractivity contribution in [3.8, 4) is 0 Å². The van der Waals surface area contributed by atoms with Crippen LogP contribution < -0.4 is 0 Å². The Morgan fingerprint density at radius 3 is 2.88 bits per heavy atom. The van der Waals surface area contributed by atoms with Crippen molar-refractivity contribution in [2.24, 2.45) is 0 Å². The lowest BCUT2D eigenvalue weighted by Crippen LogP contribution is -2.18. The normalized spacial score (nSPS) is 17.8. The summed E-state index contributed by atoms with van der Waals surface area (Å²) in [7, 11) is 0. The van der Waals surface area contributed by atoms with Crippen molar-refractivity contribution in [1.29, 1.82) is 0 Å². The van der Waals surface area contributed by atoms with Crippen molar-refractivity contribution >= 4 is 16.7 Å². The number of ketones is 1. The monoisotopic (exact) mass is 229 g/mol. The highest BCUT2D eigenvalue weighted by atomic mass is 16.1. The first-order chi connectivity index (χ1) is 8.25. The molecule has 0 aliphatic heterocycles. The van der Waals surface area contributed by atoms with Gasteiger partial charge in [-0.25, -0.2) is 0 Å². The predicted octanol–water partition coefficient (Wildman–Crippen LogP) is 2.42. The molecule has 1 fully saturated rings. The summed E-state index contributed by atoms with van der Waals surface area (Å²) in [5, 5.41) is 5.59. The maximum Gasteiger partial charge on any atom is 0.133 e. The standard InChI is InChI=1S/C13H15N3O/c1-9-12-8-15-16(13(12)6-7-14-9)10-2-4-11(17)5-3-10/h6-8,10H,2-5H2,1H3. The first kappa shape index (κ1) is 10.4. The van der Waals surface area contributed by atoms with Gasteiger partial charge in [0.05, 0.1) is 17.8 Å². The summed E-state index contributed by atoms with van der Waals surface area (Å²) in [6.45, 7) is 2.00. The largest absolute Gasteiger partial charge is 0.300 e. The molecule has 0 unspecified atom stereocenters. The molecule has 1 saturated carbocycles. The van der Waals surface area contributed by atoms with Crippen LogP contribution in [0.25, 0.3) is 10.9 Å². The summed E-state index contributed by atoms with van der Waals surface area (Å²) in [6.07, 6.45) is 6.91. The molecular weight excluding hydrogens is 214 g/mol. The molecule has 0 amide bonds. The molecule has 2 aromatic rings. The van der Waals surface area contributed by atoms with Crippen LogP contribution in [0.4, 0.5) is 0 Å². The third-order valence-corrected chi connectivity index (χ3v) is 3.58. The van der Waals surface area contributed by atoms with E-state index in [0.29, 0.717) is 24.7 Å². The van der Waals surface area contributed by atoms with E-state index in [2.05, 4.69) is 14.8 Å².